The van der Waals surface area contributed by atoms with E-state index in [1.54, 1.807) is 7.11 Å². The van der Waals surface area contributed by atoms with Gasteiger partial charge in [0.25, 0.3) is 5.91 Å². The third-order valence-corrected chi connectivity index (χ3v) is 4.06. The second kappa shape index (κ2) is 8.16. The maximum Gasteiger partial charge on any atom is 0.259 e. The lowest BCUT2D eigenvalue weighted by molar-refractivity contribution is -0.119. The van der Waals surface area contributed by atoms with Gasteiger partial charge in [0.2, 0.25) is 0 Å². The molecule has 0 bridgehead atoms. The predicted molar refractivity (Wildman–Crippen MR) is 106 cm³/mol. The summed E-state index contributed by atoms with van der Waals surface area (Å²) < 4.78 is 5.25. The molecule has 3 aromatic carbocycles. The number of nitrogens with zero attached hydrogens (tertiary/aromatic N) is 1. The summed E-state index contributed by atoms with van der Waals surface area (Å²) >= 11 is 0. The summed E-state index contributed by atoms with van der Waals surface area (Å²) in [7, 11) is 1.60. The highest BCUT2D eigenvalue weighted by Gasteiger charge is 2.05. The Hall–Kier alpha value is -3.34. The number of carbonyl (C=O) groups excluding carboxylic acids is 1. The number of amides is 1. The van der Waals surface area contributed by atoms with Gasteiger partial charge in [-0.2, -0.15) is 5.10 Å². The van der Waals surface area contributed by atoms with Gasteiger partial charge in [-0.05, 0) is 41.5 Å². The zero-order chi connectivity index (χ0) is 18.4. The van der Waals surface area contributed by atoms with Gasteiger partial charge in [0.05, 0.1) is 25.1 Å². The topological polar surface area (TPSA) is 62.7 Å². The summed E-state index contributed by atoms with van der Waals surface area (Å²) in [6, 6.07) is 21.7. The first kappa shape index (κ1) is 17.5. The summed E-state index contributed by atoms with van der Waals surface area (Å²) in [5.41, 5.74) is 5.07. The van der Waals surface area contributed by atoms with Crippen LogP contribution in [0.2, 0.25) is 0 Å². The summed E-state index contributed by atoms with van der Waals surface area (Å²) in [6.45, 7) is 1.98. The molecule has 0 saturated carbocycles. The number of carbonyl (C=O) groups is 1. The monoisotopic (exact) mass is 347 g/mol. The number of fused-ring (bicyclic) bond motifs is 1. The number of hydrogen-bond donors (Lipinski definition) is 2. The quantitative estimate of drug-likeness (QED) is 0.527. The van der Waals surface area contributed by atoms with Crippen molar-refractivity contribution in [3.05, 3.63) is 72.3 Å². The lowest BCUT2D eigenvalue weighted by atomic mass is 10.0. The van der Waals surface area contributed by atoms with Gasteiger partial charge in [0.1, 0.15) is 5.75 Å². The van der Waals surface area contributed by atoms with E-state index in [1.165, 1.54) is 5.39 Å². The third kappa shape index (κ3) is 4.19. The van der Waals surface area contributed by atoms with Crippen LogP contribution in [0.25, 0.3) is 10.8 Å². The predicted octanol–water partition coefficient (Wildman–Crippen LogP) is 3.80. The molecular formula is C21H21N3O2. The summed E-state index contributed by atoms with van der Waals surface area (Å²) in [6.07, 6.45) is 0. The number of para-hydroxylation sites is 2. The Balaban J connectivity index is 1.61. The normalized spacial score (nSPS) is 11.2. The van der Waals surface area contributed by atoms with Crippen LogP contribution >= 0.6 is 0 Å². The van der Waals surface area contributed by atoms with E-state index in [4.69, 9.17) is 4.74 Å². The molecule has 0 spiro atoms. The van der Waals surface area contributed by atoms with Crippen LogP contribution < -0.4 is 15.5 Å². The highest BCUT2D eigenvalue weighted by molar-refractivity contribution is 6.02. The molecule has 0 aliphatic carbocycles. The fraction of sp³-hybridized carbons (Fsp3) is 0.143. The van der Waals surface area contributed by atoms with Gasteiger partial charge in [0, 0.05) is 0 Å². The van der Waals surface area contributed by atoms with Crippen LogP contribution in [-0.2, 0) is 4.79 Å². The Kier molecular flexibility index (Phi) is 5.49. The molecule has 0 aliphatic heterocycles. The minimum Gasteiger partial charge on any atom is -0.495 e. The number of anilines is 1. The van der Waals surface area contributed by atoms with Gasteiger partial charge >= 0.3 is 0 Å². The maximum atomic E-state index is 12.0. The van der Waals surface area contributed by atoms with Crippen molar-refractivity contribution in [1.82, 2.24) is 5.43 Å². The van der Waals surface area contributed by atoms with E-state index in [0.29, 0.717) is 5.75 Å². The molecule has 0 unspecified atom stereocenters. The van der Waals surface area contributed by atoms with Crippen LogP contribution in [0, 0.1) is 0 Å². The number of nitrogens with one attached hydrogen (secondary N) is 2. The lowest BCUT2D eigenvalue weighted by Gasteiger charge is -2.10. The van der Waals surface area contributed by atoms with Gasteiger partial charge < -0.3 is 10.1 Å². The Morgan fingerprint density at radius 1 is 1.00 bits per heavy atom. The standard InChI is InChI=1S/C21H21N3O2/c1-15(17-12-11-16-7-3-4-8-18(16)13-17)23-24-21(25)14-22-19-9-5-6-10-20(19)26-2/h3-13,22H,14H2,1-2H3,(H,24,25). The molecule has 0 atom stereocenters. The van der Waals surface area contributed by atoms with E-state index in [0.717, 1.165) is 22.3 Å². The SMILES string of the molecule is COc1ccccc1NCC(=O)NN=C(C)c1ccc2ccccc2c1. The average Bonchev–Trinajstić information content (AvgIpc) is 2.70. The van der Waals surface area contributed by atoms with Gasteiger partial charge in [-0.1, -0.05) is 48.5 Å². The van der Waals surface area contributed by atoms with Crippen LogP contribution in [-0.4, -0.2) is 25.3 Å². The van der Waals surface area contributed by atoms with Crippen molar-refractivity contribution in [1.29, 1.82) is 0 Å². The minimum atomic E-state index is -0.226. The first-order chi connectivity index (χ1) is 12.7. The molecule has 1 amide bonds. The molecule has 0 aromatic heterocycles. The van der Waals surface area contributed by atoms with Crippen molar-refractivity contribution in [2.75, 3.05) is 19.0 Å². The van der Waals surface area contributed by atoms with Crippen LogP contribution in [0.1, 0.15) is 12.5 Å². The van der Waals surface area contributed by atoms with Gasteiger partial charge in [-0.25, -0.2) is 5.43 Å². The molecule has 5 heteroatoms. The molecule has 0 heterocycles. The Bertz CT molecular complexity index is 951. The van der Waals surface area contributed by atoms with Crippen LogP contribution in [0.5, 0.6) is 5.75 Å². The number of benzene rings is 3. The van der Waals surface area contributed by atoms with Gasteiger partial charge in [-0.15, -0.1) is 0 Å². The van der Waals surface area contributed by atoms with Crippen LogP contribution in [0.15, 0.2) is 71.8 Å². The van der Waals surface area contributed by atoms with E-state index < -0.39 is 0 Å². The molecule has 26 heavy (non-hydrogen) atoms. The van der Waals surface area contributed by atoms with Crippen molar-refractivity contribution < 1.29 is 9.53 Å². The number of hydrazone groups is 1. The fourth-order valence-corrected chi connectivity index (χ4v) is 2.63. The first-order valence-corrected chi connectivity index (χ1v) is 8.36. The number of rotatable bonds is 6. The van der Waals surface area contributed by atoms with E-state index >= 15 is 0 Å². The highest BCUT2D eigenvalue weighted by Crippen LogP contribution is 2.22. The zero-order valence-electron chi connectivity index (χ0n) is 14.8. The molecule has 2 N–H and O–H groups in total. The molecule has 0 fully saturated rings. The summed E-state index contributed by atoms with van der Waals surface area (Å²) in [5, 5.41) is 9.56. The Labute approximate surface area is 152 Å². The van der Waals surface area contributed by atoms with Gasteiger partial charge in [0.15, 0.2) is 0 Å². The average molecular weight is 347 g/mol. The van der Waals surface area contributed by atoms with E-state index in [1.807, 2.05) is 49.4 Å². The lowest BCUT2D eigenvalue weighted by Crippen LogP contribution is -2.26. The molecular weight excluding hydrogens is 326 g/mol. The van der Waals surface area contributed by atoms with E-state index in [2.05, 4.69) is 40.1 Å². The largest absolute Gasteiger partial charge is 0.495 e. The smallest absolute Gasteiger partial charge is 0.259 e. The fourth-order valence-electron chi connectivity index (χ4n) is 2.63. The summed E-state index contributed by atoms with van der Waals surface area (Å²) in [5.74, 6) is 0.465. The Morgan fingerprint density at radius 2 is 1.73 bits per heavy atom. The van der Waals surface area contributed by atoms with Crippen molar-refractivity contribution in [2.24, 2.45) is 5.10 Å². The molecule has 3 rings (SSSR count). The molecule has 3 aromatic rings. The van der Waals surface area contributed by atoms with Crippen molar-refractivity contribution in [2.45, 2.75) is 6.92 Å². The molecule has 132 valence electrons. The number of hydrogen-bond acceptors (Lipinski definition) is 4. The molecule has 0 aliphatic rings. The minimum absolute atomic E-state index is 0.106. The molecule has 5 nitrogen and oxygen atoms in total. The number of methoxy groups -OCH3 is 1. The van der Waals surface area contributed by atoms with E-state index in [-0.39, 0.29) is 12.5 Å². The Morgan fingerprint density at radius 3 is 2.54 bits per heavy atom. The van der Waals surface area contributed by atoms with E-state index in [9.17, 15) is 4.79 Å². The van der Waals surface area contributed by atoms with Crippen molar-refractivity contribution in [3.63, 3.8) is 0 Å². The summed E-state index contributed by atoms with van der Waals surface area (Å²) in [4.78, 5) is 12.0. The maximum absolute atomic E-state index is 12.0. The second-order valence-electron chi connectivity index (χ2n) is 5.85. The van der Waals surface area contributed by atoms with Crippen molar-refractivity contribution >= 4 is 28.1 Å². The zero-order valence-corrected chi connectivity index (χ0v) is 14.8. The van der Waals surface area contributed by atoms with Crippen LogP contribution in [0.4, 0.5) is 5.69 Å². The molecule has 0 radical (unpaired) electrons. The van der Waals surface area contributed by atoms with Gasteiger partial charge in [-0.3, -0.25) is 4.79 Å². The third-order valence-electron chi connectivity index (χ3n) is 4.06. The van der Waals surface area contributed by atoms with Crippen molar-refractivity contribution in [3.8, 4) is 5.75 Å². The number of ether oxygens (including phenoxy) is 1. The highest BCUT2D eigenvalue weighted by atomic mass is 16.5. The first-order valence-electron chi connectivity index (χ1n) is 8.36. The second-order valence-corrected chi connectivity index (χ2v) is 5.85. The van der Waals surface area contributed by atoms with Crippen LogP contribution in [0.3, 0.4) is 0 Å². The molecule has 0 saturated heterocycles.